The second kappa shape index (κ2) is 6.06. The van der Waals surface area contributed by atoms with Gasteiger partial charge in [-0.15, -0.1) is 0 Å². The Bertz CT molecular complexity index is 440. The van der Waals surface area contributed by atoms with Crippen molar-refractivity contribution in [3.63, 3.8) is 0 Å². The number of hydrogen-bond acceptors (Lipinski definition) is 3. The third-order valence-corrected chi connectivity index (χ3v) is 4.01. The van der Waals surface area contributed by atoms with Crippen LogP contribution >= 0.6 is 0 Å². The summed E-state index contributed by atoms with van der Waals surface area (Å²) in [5.41, 5.74) is 6.24. The Labute approximate surface area is 114 Å². The van der Waals surface area contributed by atoms with Gasteiger partial charge < -0.3 is 15.8 Å². The lowest BCUT2D eigenvalue weighted by Crippen LogP contribution is -2.43. The number of anilines is 1. The summed E-state index contributed by atoms with van der Waals surface area (Å²) in [4.78, 5) is 12.5. The summed E-state index contributed by atoms with van der Waals surface area (Å²) in [6, 6.07) is 7.41. The summed E-state index contributed by atoms with van der Waals surface area (Å²) >= 11 is 0. The van der Waals surface area contributed by atoms with E-state index in [0.29, 0.717) is 6.54 Å². The average molecular weight is 262 g/mol. The van der Waals surface area contributed by atoms with Crippen LogP contribution in [-0.2, 0) is 4.79 Å². The van der Waals surface area contributed by atoms with E-state index in [-0.39, 0.29) is 11.3 Å². The van der Waals surface area contributed by atoms with E-state index in [2.05, 4.69) is 5.32 Å². The number of carbonyl (C=O) groups excluding carboxylic acids is 1. The number of nitrogens with one attached hydrogen (secondary N) is 1. The molecular formula is C15H22N2O2. The zero-order valence-corrected chi connectivity index (χ0v) is 11.4. The predicted molar refractivity (Wildman–Crippen MR) is 76.2 cm³/mol. The number of methoxy groups -OCH3 is 1. The fourth-order valence-electron chi connectivity index (χ4n) is 2.72. The molecule has 0 saturated heterocycles. The largest absolute Gasteiger partial charge is 0.497 e. The van der Waals surface area contributed by atoms with Crippen LogP contribution in [0.5, 0.6) is 5.75 Å². The highest BCUT2D eigenvalue weighted by atomic mass is 16.5. The lowest BCUT2D eigenvalue weighted by atomic mass is 9.73. The van der Waals surface area contributed by atoms with Crippen molar-refractivity contribution < 1.29 is 9.53 Å². The number of hydrogen-bond donors (Lipinski definition) is 2. The third kappa shape index (κ3) is 3.07. The van der Waals surface area contributed by atoms with Gasteiger partial charge in [-0.3, -0.25) is 4.79 Å². The zero-order chi connectivity index (χ0) is 13.7. The van der Waals surface area contributed by atoms with E-state index >= 15 is 0 Å². The van der Waals surface area contributed by atoms with Crippen molar-refractivity contribution in [2.75, 3.05) is 19.0 Å². The molecule has 0 spiro atoms. The topological polar surface area (TPSA) is 64.3 Å². The molecule has 1 aliphatic carbocycles. The highest BCUT2D eigenvalue weighted by Crippen LogP contribution is 2.36. The minimum absolute atomic E-state index is 0.0444. The number of ether oxygens (including phenoxy) is 1. The zero-order valence-electron chi connectivity index (χ0n) is 11.4. The van der Waals surface area contributed by atoms with E-state index in [1.54, 1.807) is 7.11 Å². The van der Waals surface area contributed by atoms with Crippen LogP contribution in [0.25, 0.3) is 0 Å². The molecule has 3 N–H and O–H groups in total. The maximum absolute atomic E-state index is 12.5. The van der Waals surface area contributed by atoms with Gasteiger partial charge in [0.15, 0.2) is 0 Å². The van der Waals surface area contributed by atoms with E-state index in [0.717, 1.165) is 37.1 Å². The first-order chi connectivity index (χ1) is 9.20. The van der Waals surface area contributed by atoms with Crippen molar-refractivity contribution in [1.29, 1.82) is 0 Å². The summed E-state index contributed by atoms with van der Waals surface area (Å²) < 4.78 is 5.16. The lowest BCUT2D eigenvalue weighted by molar-refractivity contribution is -0.126. The number of amides is 1. The normalized spacial score (nSPS) is 17.8. The number of rotatable bonds is 4. The van der Waals surface area contributed by atoms with Gasteiger partial charge in [0.1, 0.15) is 5.75 Å². The van der Waals surface area contributed by atoms with Crippen molar-refractivity contribution in [3.8, 4) is 5.75 Å². The summed E-state index contributed by atoms with van der Waals surface area (Å²) in [7, 11) is 1.61. The van der Waals surface area contributed by atoms with Crippen molar-refractivity contribution in [3.05, 3.63) is 24.3 Å². The smallest absolute Gasteiger partial charge is 0.231 e. The van der Waals surface area contributed by atoms with Gasteiger partial charge in [0.05, 0.1) is 12.5 Å². The first-order valence-corrected chi connectivity index (χ1v) is 6.86. The van der Waals surface area contributed by atoms with E-state index in [4.69, 9.17) is 10.5 Å². The van der Waals surface area contributed by atoms with Crippen LogP contribution in [-0.4, -0.2) is 19.6 Å². The maximum atomic E-state index is 12.5. The van der Waals surface area contributed by atoms with Gasteiger partial charge >= 0.3 is 0 Å². The molecule has 1 amide bonds. The number of benzene rings is 1. The van der Waals surface area contributed by atoms with Crippen LogP contribution in [0.15, 0.2) is 24.3 Å². The molecule has 0 bridgehead atoms. The Morgan fingerprint density at radius 3 is 2.74 bits per heavy atom. The molecule has 104 valence electrons. The number of nitrogens with two attached hydrogens (primary N) is 1. The molecule has 0 heterocycles. The molecule has 0 aliphatic heterocycles. The van der Waals surface area contributed by atoms with Crippen LogP contribution < -0.4 is 15.8 Å². The Morgan fingerprint density at radius 2 is 2.11 bits per heavy atom. The lowest BCUT2D eigenvalue weighted by Gasteiger charge is -2.34. The van der Waals surface area contributed by atoms with Gasteiger partial charge in [-0.25, -0.2) is 0 Å². The molecule has 4 nitrogen and oxygen atoms in total. The highest BCUT2D eigenvalue weighted by molar-refractivity contribution is 5.95. The molecule has 2 rings (SSSR count). The van der Waals surface area contributed by atoms with E-state index in [9.17, 15) is 4.79 Å². The molecule has 0 unspecified atom stereocenters. The van der Waals surface area contributed by atoms with Crippen molar-refractivity contribution in [1.82, 2.24) is 0 Å². The quantitative estimate of drug-likeness (QED) is 0.876. The average Bonchev–Trinajstić information content (AvgIpc) is 2.48. The molecular weight excluding hydrogens is 240 g/mol. The predicted octanol–water partition coefficient (Wildman–Crippen LogP) is 2.54. The van der Waals surface area contributed by atoms with Gasteiger partial charge in [0.2, 0.25) is 5.91 Å². The van der Waals surface area contributed by atoms with E-state index in [1.165, 1.54) is 6.42 Å². The Hall–Kier alpha value is -1.55. The Balaban J connectivity index is 2.10. The van der Waals surface area contributed by atoms with Gasteiger partial charge in [0, 0.05) is 18.3 Å². The van der Waals surface area contributed by atoms with Crippen LogP contribution in [0, 0.1) is 5.41 Å². The summed E-state index contributed by atoms with van der Waals surface area (Å²) in [5.74, 6) is 0.784. The molecule has 1 fully saturated rings. The Kier molecular flexibility index (Phi) is 4.43. The van der Waals surface area contributed by atoms with Crippen LogP contribution in [0.4, 0.5) is 5.69 Å². The highest BCUT2D eigenvalue weighted by Gasteiger charge is 2.38. The van der Waals surface area contributed by atoms with Crippen molar-refractivity contribution in [2.45, 2.75) is 32.1 Å². The summed E-state index contributed by atoms with van der Waals surface area (Å²) in [6.07, 6.45) is 5.15. The molecule has 0 atom stereocenters. The van der Waals surface area contributed by atoms with Gasteiger partial charge in [-0.05, 0) is 25.0 Å². The SMILES string of the molecule is COc1cccc(NC(=O)C2(CN)CCCCC2)c1. The van der Waals surface area contributed by atoms with E-state index < -0.39 is 0 Å². The molecule has 0 radical (unpaired) electrons. The monoisotopic (exact) mass is 262 g/mol. The molecule has 0 aromatic heterocycles. The fourth-order valence-corrected chi connectivity index (χ4v) is 2.72. The molecule has 4 heteroatoms. The Morgan fingerprint density at radius 1 is 1.37 bits per heavy atom. The standard InChI is InChI=1S/C15H22N2O2/c1-19-13-7-5-6-12(10-13)17-14(18)15(11-16)8-3-2-4-9-15/h5-7,10H,2-4,8-9,11,16H2,1H3,(H,17,18). The first-order valence-electron chi connectivity index (χ1n) is 6.86. The van der Waals surface area contributed by atoms with Crippen LogP contribution in [0.3, 0.4) is 0 Å². The first kappa shape index (κ1) is 13.9. The molecule has 1 aromatic rings. The number of carbonyl (C=O) groups is 1. The van der Waals surface area contributed by atoms with Crippen molar-refractivity contribution >= 4 is 11.6 Å². The van der Waals surface area contributed by atoms with Crippen LogP contribution in [0.1, 0.15) is 32.1 Å². The summed E-state index contributed by atoms with van der Waals surface area (Å²) in [6.45, 7) is 0.419. The van der Waals surface area contributed by atoms with Crippen LogP contribution in [0.2, 0.25) is 0 Å². The molecule has 1 aromatic carbocycles. The third-order valence-electron chi connectivity index (χ3n) is 4.01. The molecule has 1 saturated carbocycles. The van der Waals surface area contributed by atoms with Gasteiger partial charge in [-0.1, -0.05) is 25.3 Å². The summed E-state index contributed by atoms with van der Waals surface area (Å²) in [5, 5.41) is 2.98. The molecule has 19 heavy (non-hydrogen) atoms. The second-order valence-corrected chi connectivity index (χ2v) is 5.23. The molecule has 1 aliphatic rings. The minimum Gasteiger partial charge on any atom is -0.497 e. The minimum atomic E-state index is -0.388. The van der Waals surface area contributed by atoms with Gasteiger partial charge in [-0.2, -0.15) is 0 Å². The maximum Gasteiger partial charge on any atom is 0.231 e. The fraction of sp³-hybridized carbons (Fsp3) is 0.533. The van der Waals surface area contributed by atoms with E-state index in [1.807, 2.05) is 24.3 Å². The van der Waals surface area contributed by atoms with Gasteiger partial charge in [0.25, 0.3) is 0 Å². The second-order valence-electron chi connectivity index (χ2n) is 5.23. The van der Waals surface area contributed by atoms with Crippen molar-refractivity contribution in [2.24, 2.45) is 11.1 Å².